The van der Waals surface area contributed by atoms with E-state index in [-0.39, 0.29) is 11.8 Å². The van der Waals surface area contributed by atoms with E-state index in [4.69, 9.17) is 9.47 Å². The largest absolute Gasteiger partial charge is 0.497 e. The zero-order valence-electron chi connectivity index (χ0n) is 17.7. The number of para-hydroxylation sites is 1. The number of ether oxygens (including phenoxy) is 2. The van der Waals surface area contributed by atoms with Crippen molar-refractivity contribution >= 4 is 11.6 Å². The van der Waals surface area contributed by atoms with Gasteiger partial charge in [0.05, 0.1) is 13.0 Å². The van der Waals surface area contributed by atoms with Crippen LogP contribution < -0.4 is 19.7 Å². The minimum Gasteiger partial charge on any atom is -0.497 e. The van der Waals surface area contributed by atoms with Crippen molar-refractivity contribution < 1.29 is 14.3 Å². The van der Waals surface area contributed by atoms with Crippen molar-refractivity contribution in [2.45, 2.75) is 12.8 Å². The van der Waals surface area contributed by atoms with E-state index in [1.807, 2.05) is 18.2 Å². The Morgan fingerprint density at radius 3 is 2.70 bits per heavy atom. The Labute approximate surface area is 178 Å². The number of nitrogens with one attached hydrogen (secondary N) is 1. The highest BCUT2D eigenvalue weighted by Gasteiger charge is 2.26. The standard InChI is InChI=1S/C24H31N3O3/c1-29-22-8-9-23-19(17-22)16-20(18-30-23)24(28)25-10-5-11-26-12-14-27(15-13-26)21-6-3-2-4-7-21/h2-4,6-9,17,20H,5,10-16,18H2,1H3,(H,25,28). The highest BCUT2D eigenvalue weighted by molar-refractivity contribution is 5.79. The van der Waals surface area contributed by atoms with Gasteiger partial charge in [-0.05, 0) is 55.3 Å². The lowest BCUT2D eigenvalue weighted by molar-refractivity contribution is -0.126. The maximum atomic E-state index is 12.6. The molecular formula is C24H31N3O3. The molecular weight excluding hydrogens is 378 g/mol. The summed E-state index contributed by atoms with van der Waals surface area (Å²) in [7, 11) is 1.65. The zero-order chi connectivity index (χ0) is 20.8. The molecule has 2 aliphatic rings. The second kappa shape index (κ2) is 9.85. The molecule has 4 rings (SSSR count). The Morgan fingerprint density at radius 2 is 1.93 bits per heavy atom. The molecule has 2 aromatic carbocycles. The molecule has 1 N–H and O–H groups in total. The Kier molecular flexibility index (Phi) is 6.74. The van der Waals surface area contributed by atoms with E-state index in [0.717, 1.165) is 56.2 Å². The maximum Gasteiger partial charge on any atom is 0.226 e. The fourth-order valence-corrected chi connectivity index (χ4v) is 4.19. The highest BCUT2D eigenvalue weighted by Crippen LogP contribution is 2.30. The topological polar surface area (TPSA) is 54.0 Å². The molecule has 6 heteroatoms. The lowest BCUT2D eigenvalue weighted by Gasteiger charge is -2.36. The molecule has 0 spiro atoms. The summed E-state index contributed by atoms with van der Waals surface area (Å²) in [5, 5.41) is 3.10. The Balaban J connectivity index is 1.15. The molecule has 1 fully saturated rings. The van der Waals surface area contributed by atoms with E-state index in [1.165, 1.54) is 5.69 Å². The van der Waals surface area contributed by atoms with Crippen LogP contribution >= 0.6 is 0 Å². The second-order valence-electron chi connectivity index (χ2n) is 7.99. The maximum absolute atomic E-state index is 12.6. The summed E-state index contributed by atoms with van der Waals surface area (Å²) >= 11 is 0. The summed E-state index contributed by atoms with van der Waals surface area (Å²) in [5.41, 5.74) is 2.34. The Morgan fingerprint density at radius 1 is 1.13 bits per heavy atom. The van der Waals surface area contributed by atoms with Gasteiger partial charge in [0.15, 0.2) is 0 Å². The molecule has 6 nitrogen and oxygen atoms in total. The molecule has 0 aliphatic carbocycles. The summed E-state index contributed by atoms with van der Waals surface area (Å²) in [6.45, 7) is 6.41. The molecule has 2 heterocycles. The number of amides is 1. The number of hydrogen-bond donors (Lipinski definition) is 1. The first kappa shape index (κ1) is 20.5. The van der Waals surface area contributed by atoms with Crippen LogP contribution in [0.3, 0.4) is 0 Å². The minimum absolute atomic E-state index is 0.0809. The van der Waals surface area contributed by atoms with Crippen LogP contribution in [0.5, 0.6) is 11.5 Å². The third-order valence-electron chi connectivity index (χ3n) is 5.99. The van der Waals surface area contributed by atoms with Crippen molar-refractivity contribution in [1.29, 1.82) is 0 Å². The molecule has 2 aromatic rings. The molecule has 1 unspecified atom stereocenters. The van der Waals surface area contributed by atoms with Gasteiger partial charge in [-0.3, -0.25) is 9.69 Å². The van der Waals surface area contributed by atoms with Crippen LogP contribution in [0.2, 0.25) is 0 Å². The second-order valence-corrected chi connectivity index (χ2v) is 7.99. The van der Waals surface area contributed by atoms with Crippen LogP contribution in [0, 0.1) is 5.92 Å². The molecule has 0 radical (unpaired) electrons. The fourth-order valence-electron chi connectivity index (χ4n) is 4.19. The molecule has 0 saturated carbocycles. The Hall–Kier alpha value is -2.73. The number of methoxy groups -OCH3 is 1. The SMILES string of the molecule is COc1ccc2c(c1)CC(C(=O)NCCCN1CCN(c3ccccc3)CC1)CO2. The third kappa shape index (κ3) is 5.05. The lowest BCUT2D eigenvalue weighted by Crippen LogP contribution is -2.47. The van der Waals surface area contributed by atoms with Gasteiger partial charge in [0.1, 0.15) is 18.1 Å². The quantitative estimate of drug-likeness (QED) is 0.713. The van der Waals surface area contributed by atoms with Gasteiger partial charge in [0, 0.05) is 38.4 Å². The Bertz CT molecular complexity index is 835. The van der Waals surface area contributed by atoms with Gasteiger partial charge in [-0.15, -0.1) is 0 Å². The number of nitrogens with zero attached hydrogens (tertiary/aromatic N) is 2. The van der Waals surface area contributed by atoms with Crippen LogP contribution in [-0.2, 0) is 11.2 Å². The van der Waals surface area contributed by atoms with Crippen molar-refractivity contribution in [2.75, 3.05) is 57.9 Å². The van der Waals surface area contributed by atoms with Crippen molar-refractivity contribution in [1.82, 2.24) is 10.2 Å². The summed E-state index contributed by atoms with van der Waals surface area (Å²) in [5.74, 6) is 1.59. The molecule has 30 heavy (non-hydrogen) atoms. The van der Waals surface area contributed by atoms with Crippen molar-refractivity contribution in [3.63, 3.8) is 0 Å². The van der Waals surface area contributed by atoms with Gasteiger partial charge >= 0.3 is 0 Å². The monoisotopic (exact) mass is 409 g/mol. The van der Waals surface area contributed by atoms with Gasteiger partial charge in [-0.25, -0.2) is 0 Å². The first-order chi connectivity index (χ1) is 14.7. The van der Waals surface area contributed by atoms with Crippen LogP contribution in [-0.4, -0.2) is 63.8 Å². The van der Waals surface area contributed by atoms with Crippen LogP contribution in [0.15, 0.2) is 48.5 Å². The number of benzene rings is 2. The number of fused-ring (bicyclic) bond motifs is 1. The first-order valence-electron chi connectivity index (χ1n) is 10.8. The summed E-state index contributed by atoms with van der Waals surface area (Å²) < 4.78 is 11.1. The van der Waals surface area contributed by atoms with E-state index >= 15 is 0 Å². The average molecular weight is 410 g/mol. The predicted octanol–water partition coefficient (Wildman–Crippen LogP) is 2.57. The van der Waals surface area contributed by atoms with Crippen molar-refractivity contribution in [3.8, 4) is 11.5 Å². The number of rotatable bonds is 7. The highest BCUT2D eigenvalue weighted by atomic mass is 16.5. The number of hydrogen-bond acceptors (Lipinski definition) is 5. The number of piperazine rings is 1. The van der Waals surface area contributed by atoms with Crippen molar-refractivity contribution in [3.05, 3.63) is 54.1 Å². The number of carbonyl (C=O) groups excluding carboxylic acids is 1. The molecule has 160 valence electrons. The zero-order valence-corrected chi connectivity index (χ0v) is 17.7. The van der Waals surface area contributed by atoms with Gasteiger partial charge in [0.25, 0.3) is 0 Å². The van der Waals surface area contributed by atoms with Crippen LogP contribution in [0.25, 0.3) is 0 Å². The fraction of sp³-hybridized carbons (Fsp3) is 0.458. The van der Waals surface area contributed by atoms with Gasteiger partial charge in [-0.2, -0.15) is 0 Å². The summed E-state index contributed by atoms with van der Waals surface area (Å²) in [4.78, 5) is 17.5. The van der Waals surface area contributed by atoms with Gasteiger partial charge in [0.2, 0.25) is 5.91 Å². The normalized spacial score (nSPS) is 19.0. The van der Waals surface area contributed by atoms with Crippen LogP contribution in [0.1, 0.15) is 12.0 Å². The lowest BCUT2D eigenvalue weighted by atomic mass is 9.96. The molecule has 1 amide bonds. The first-order valence-corrected chi connectivity index (χ1v) is 10.8. The molecule has 0 bridgehead atoms. The minimum atomic E-state index is -0.140. The van der Waals surface area contributed by atoms with E-state index in [9.17, 15) is 4.79 Å². The third-order valence-corrected chi connectivity index (χ3v) is 5.99. The summed E-state index contributed by atoms with van der Waals surface area (Å²) in [6.07, 6.45) is 1.66. The number of carbonyl (C=O) groups is 1. The molecule has 1 atom stereocenters. The smallest absolute Gasteiger partial charge is 0.226 e. The molecule has 1 saturated heterocycles. The average Bonchev–Trinajstić information content (AvgIpc) is 2.82. The number of anilines is 1. The van der Waals surface area contributed by atoms with Gasteiger partial charge < -0.3 is 19.7 Å². The van der Waals surface area contributed by atoms with Crippen molar-refractivity contribution in [2.24, 2.45) is 5.92 Å². The molecule has 0 aromatic heterocycles. The van der Waals surface area contributed by atoms with E-state index in [1.54, 1.807) is 7.11 Å². The van der Waals surface area contributed by atoms with Gasteiger partial charge in [-0.1, -0.05) is 18.2 Å². The molecule has 2 aliphatic heterocycles. The van der Waals surface area contributed by atoms with Crippen LogP contribution in [0.4, 0.5) is 5.69 Å². The van der Waals surface area contributed by atoms with E-state index in [2.05, 4.69) is 45.4 Å². The van der Waals surface area contributed by atoms with E-state index in [0.29, 0.717) is 19.6 Å². The summed E-state index contributed by atoms with van der Waals surface area (Å²) in [6, 6.07) is 16.4. The predicted molar refractivity (Wildman–Crippen MR) is 118 cm³/mol. The van der Waals surface area contributed by atoms with E-state index < -0.39 is 0 Å².